The minimum absolute atomic E-state index is 0.351. The Kier molecular flexibility index (Phi) is 2.94. The van der Waals surface area contributed by atoms with Gasteiger partial charge in [-0.05, 0) is 39.0 Å². The van der Waals surface area contributed by atoms with E-state index >= 15 is 0 Å². The van der Waals surface area contributed by atoms with Crippen molar-refractivity contribution in [3.05, 3.63) is 11.6 Å². The zero-order valence-electron chi connectivity index (χ0n) is 6.77. The van der Waals surface area contributed by atoms with Crippen molar-refractivity contribution in [2.24, 2.45) is 5.73 Å². The molecule has 1 aliphatic carbocycles. The van der Waals surface area contributed by atoms with Gasteiger partial charge in [0, 0.05) is 6.04 Å². The van der Waals surface area contributed by atoms with Crippen LogP contribution in [0.5, 0.6) is 0 Å². The average molecular weight is 139 g/mol. The third-order valence-corrected chi connectivity index (χ3v) is 1.97. The molecule has 0 amide bonds. The first-order chi connectivity index (χ1) is 4.79. The number of hydrogen-bond acceptors (Lipinski definition) is 1. The summed E-state index contributed by atoms with van der Waals surface area (Å²) in [6, 6.07) is 0.351. The molecule has 10 heavy (non-hydrogen) atoms. The summed E-state index contributed by atoms with van der Waals surface area (Å²) < 4.78 is 0. The molecular weight excluding hydrogens is 122 g/mol. The molecule has 1 aliphatic rings. The molecule has 1 rings (SSSR count). The van der Waals surface area contributed by atoms with E-state index in [2.05, 4.69) is 13.0 Å². The highest BCUT2D eigenvalue weighted by atomic mass is 14.6. The summed E-state index contributed by atoms with van der Waals surface area (Å²) in [7, 11) is 0. The monoisotopic (exact) mass is 139 g/mol. The minimum atomic E-state index is 0.351. The molecule has 0 aliphatic heterocycles. The summed E-state index contributed by atoms with van der Waals surface area (Å²) in [6.45, 7) is 2.08. The Hall–Kier alpha value is -0.300. The minimum Gasteiger partial charge on any atom is -0.328 e. The molecule has 1 atom stereocenters. The lowest BCUT2D eigenvalue weighted by Crippen LogP contribution is -2.15. The van der Waals surface area contributed by atoms with Gasteiger partial charge in [0.1, 0.15) is 0 Å². The maximum Gasteiger partial charge on any atom is 0.00476 e. The number of allylic oxidation sites excluding steroid dienone is 1. The predicted molar refractivity (Wildman–Crippen MR) is 44.8 cm³/mol. The molecule has 0 bridgehead atoms. The van der Waals surface area contributed by atoms with Gasteiger partial charge in [-0.3, -0.25) is 0 Å². The van der Waals surface area contributed by atoms with Crippen LogP contribution in [-0.4, -0.2) is 6.04 Å². The first-order valence-corrected chi connectivity index (χ1v) is 4.22. The van der Waals surface area contributed by atoms with E-state index in [0.29, 0.717) is 6.04 Å². The fourth-order valence-corrected chi connectivity index (χ4v) is 1.50. The summed E-state index contributed by atoms with van der Waals surface area (Å²) in [5, 5.41) is 0. The predicted octanol–water partition coefficient (Wildman–Crippen LogP) is 2.22. The molecular formula is C9H17N. The average Bonchev–Trinajstić information content (AvgIpc) is 1.88. The van der Waals surface area contributed by atoms with Crippen molar-refractivity contribution in [1.29, 1.82) is 0 Å². The Balaban J connectivity index is 2.31. The lowest BCUT2D eigenvalue weighted by atomic mass is 9.95. The van der Waals surface area contributed by atoms with E-state index in [4.69, 9.17) is 5.73 Å². The van der Waals surface area contributed by atoms with Gasteiger partial charge in [0.05, 0.1) is 0 Å². The number of hydrogen-bond donors (Lipinski definition) is 1. The molecule has 58 valence electrons. The van der Waals surface area contributed by atoms with Gasteiger partial charge < -0.3 is 5.73 Å². The first kappa shape index (κ1) is 7.80. The number of rotatable bonds is 2. The summed E-state index contributed by atoms with van der Waals surface area (Å²) in [5.74, 6) is 0. The normalized spacial score (nSPS) is 22.0. The Morgan fingerprint density at radius 2 is 2.40 bits per heavy atom. The standard InChI is InChI=1S/C9H17N/c1-8(10)7-9-5-3-2-4-6-9/h5,8H,2-4,6-7,10H2,1H3/t8-/m1/s1. The van der Waals surface area contributed by atoms with Crippen molar-refractivity contribution in [2.45, 2.75) is 45.1 Å². The van der Waals surface area contributed by atoms with E-state index < -0.39 is 0 Å². The third kappa shape index (κ3) is 2.53. The van der Waals surface area contributed by atoms with Crippen LogP contribution in [0.25, 0.3) is 0 Å². The molecule has 0 fully saturated rings. The van der Waals surface area contributed by atoms with Crippen molar-refractivity contribution in [2.75, 3.05) is 0 Å². The molecule has 0 heterocycles. The third-order valence-electron chi connectivity index (χ3n) is 1.97. The van der Waals surface area contributed by atoms with Crippen LogP contribution in [0.4, 0.5) is 0 Å². The molecule has 1 nitrogen and oxygen atoms in total. The second kappa shape index (κ2) is 3.77. The Morgan fingerprint density at radius 1 is 1.60 bits per heavy atom. The molecule has 2 N–H and O–H groups in total. The van der Waals surface area contributed by atoms with Crippen LogP contribution in [0, 0.1) is 0 Å². The maximum atomic E-state index is 5.68. The van der Waals surface area contributed by atoms with Crippen LogP contribution in [0.2, 0.25) is 0 Å². The fourth-order valence-electron chi connectivity index (χ4n) is 1.50. The second-order valence-electron chi connectivity index (χ2n) is 3.29. The van der Waals surface area contributed by atoms with Gasteiger partial charge in [-0.15, -0.1) is 0 Å². The second-order valence-corrected chi connectivity index (χ2v) is 3.29. The molecule has 0 saturated heterocycles. The van der Waals surface area contributed by atoms with E-state index in [1.165, 1.54) is 25.7 Å². The lowest BCUT2D eigenvalue weighted by Gasteiger charge is -2.13. The Morgan fingerprint density at radius 3 is 2.90 bits per heavy atom. The quantitative estimate of drug-likeness (QED) is 0.583. The van der Waals surface area contributed by atoms with Crippen molar-refractivity contribution >= 4 is 0 Å². The van der Waals surface area contributed by atoms with Gasteiger partial charge in [-0.25, -0.2) is 0 Å². The van der Waals surface area contributed by atoms with Crippen LogP contribution >= 0.6 is 0 Å². The van der Waals surface area contributed by atoms with E-state index in [-0.39, 0.29) is 0 Å². The van der Waals surface area contributed by atoms with Crippen molar-refractivity contribution < 1.29 is 0 Å². The van der Waals surface area contributed by atoms with Crippen molar-refractivity contribution in [1.82, 2.24) is 0 Å². The van der Waals surface area contributed by atoms with Gasteiger partial charge in [0.2, 0.25) is 0 Å². The first-order valence-electron chi connectivity index (χ1n) is 4.22. The summed E-state index contributed by atoms with van der Waals surface area (Å²) in [4.78, 5) is 0. The van der Waals surface area contributed by atoms with Crippen LogP contribution in [0.15, 0.2) is 11.6 Å². The molecule has 0 spiro atoms. The van der Waals surface area contributed by atoms with Crippen LogP contribution in [0.3, 0.4) is 0 Å². The van der Waals surface area contributed by atoms with Gasteiger partial charge in [0.15, 0.2) is 0 Å². The maximum absolute atomic E-state index is 5.68. The van der Waals surface area contributed by atoms with Crippen molar-refractivity contribution in [3.63, 3.8) is 0 Å². The van der Waals surface area contributed by atoms with E-state index in [0.717, 1.165) is 6.42 Å². The van der Waals surface area contributed by atoms with Gasteiger partial charge in [0.25, 0.3) is 0 Å². The highest BCUT2D eigenvalue weighted by Crippen LogP contribution is 2.20. The molecule has 0 radical (unpaired) electrons. The fraction of sp³-hybridized carbons (Fsp3) is 0.778. The number of nitrogens with two attached hydrogens (primary N) is 1. The van der Waals surface area contributed by atoms with E-state index in [1.807, 2.05) is 0 Å². The van der Waals surface area contributed by atoms with Gasteiger partial charge >= 0.3 is 0 Å². The smallest absolute Gasteiger partial charge is 0.00476 e. The highest BCUT2D eigenvalue weighted by molar-refractivity contribution is 5.06. The van der Waals surface area contributed by atoms with Crippen LogP contribution < -0.4 is 5.73 Å². The van der Waals surface area contributed by atoms with Gasteiger partial charge in [-0.2, -0.15) is 0 Å². The zero-order chi connectivity index (χ0) is 7.40. The highest BCUT2D eigenvalue weighted by Gasteiger charge is 2.04. The summed E-state index contributed by atoms with van der Waals surface area (Å²) in [5.41, 5.74) is 7.27. The summed E-state index contributed by atoms with van der Waals surface area (Å²) in [6.07, 6.45) is 8.80. The summed E-state index contributed by atoms with van der Waals surface area (Å²) >= 11 is 0. The molecule has 1 heteroatoms. The van der Waals surface area contributed by atoms with Crippen LogP contribution in [-0.2, 0) is 0 Å². The van der Waals surface area contributed by atoms with E-state index in [1.54, 1.807) is 5.57 Å². The molecule has 0 aromatic carbocycles. The van der Waals surface area contributed by atoms with Crippen LogP contribution in [0.1, 0.15) is 39.0 Å². The largest absolute Gasteiger partial charge is 0.328 e. The molecule has 0 saturated carbocycles. The Bertz CT molecular complexity index is 125. The SMILES string of the molecule is C[C@@H](N)CC1=CCCCC1. The lowest BCUT2D eigenvalue weighted by molar-refractivity contribution is 0.635. The molecule has 0 unspecified atom stereocenters. The van der Waals surface area contributed by atoms with Crippen molar-refractivity contribution in [3.8, 4) is 0 Å². The molecule has 0 aromatic heterocycles. The van der Waals surface area contributed by atoms with E-state index in [9.17, 15) is 0 Å². The topological polar surface area (TPSA) is 26.0 Å². The van der Waals surface area contributed by atoms with Gasteiger partial charge in [-0.1, -0.05) is 11.6 Å². The Labute approximate surface area is 63.3 Å². The molecule has 0 aromatic rings. The zero-order valence-corrected chi connectivity index (χ0v) is 6.77.